The number of carbonyl (C=O) groups excluding carboxylic acids is 1. The molecule has 0 aliphatic carbocycles. The summed E-state index contributed by atoms with van der Waals surface area (Å²) in [6, 6.07) is 5.71. The van der Waals surface area contributed by atoms with E-state index in [2.05, 4.69) is 28.7 Å². The number of nitrogens with zero attached hydrogens (tertiary/aromatic N) is 2. The van der Waals surface area contributed by atoms with Gasteiger partial charge in [-0.2, -0.15) is 0 Å². The summed E-state index contributed by atoms with van der Waals surface area (Å²) in [5.74, 6) is 0.126. The molecule has 3 rings (SSSR count). The predicted octanol–water partition coefficient (Wildman–Crippen LogP) is 1.92. The second-order valence-corrected chi connectivity index (χ2v) is 8.65. The highest BCUT2D eigenvalue weighted by atomic mass is 32.2. The van der Waals surface area contributed by atoms with Gasteiger partial charge in [0.1, 0.15) is 9.84 Å². The second-order valence-electron chi connectivity index (χ2n) is 6.35. The van der Waals surface area contributed by atoms with E-state index in [-0.39, 0.29) is 23.5 Å². The van der Waals surface area contributed by atoms with E-state index >= 15 is 0 Å². The van der Waals surface area contributed by atoms with E-state index in [0.29, 0.717) is 24.4 Å². The molecule has 1 N–H and O–H groups in total. The smallest absolute Gasteiger partial charge is 0.251 e. The normalized spacial score (nSPS) is 18.4. The molecule has 0 unspecified atom stereocenters. The van der Waals surface area contributed by atoms with Crippen LogP contribution in [0.25, 0.3) is 11.0 Å². The summed E-state index contributed by atoms with van der Waals surface area (Å²) in [5.41, 5.74) is 2.35. The highest BCUT2D eigenvalue weighted by Gasteiger charge is 2.25. The number of benzene rings is 1. The van der Waals surface area contributed by atoms with Gasteiger partial charge in [-0.15, -0.1) is 0 Å². The summed E-state index contributed by atoms with van der Waals surface area (Å²) >= 11 is 0. The summed E-state index contributed by atoms with van der Waals surface area (Å²) in [6.45, 7) is 4.16. The average molecular weight is 335 g/mol. The molecule has 1 aromatic heterocycles. The maximum atomic E-state index is 12.4. The Labute approximate surface area is 135 Å². The molecule has 1 aliphatic rings. The number of rotatable bonds is 3. The lowest BCUT2D eigenvalue weighted by atomic mass is 10.1. The van der Waals surface area contributed by atoms with Gasteiger partial charge >= 0.3 is 0 Å². The zero-order valence-electron chi connectivity index (χ0n) is 13.3. The molecule has 1 saturated heterocycles. The number of carbonyl (C=O) groups is 1. The molecule has 2 heterocycles. The van der Waals surface area contributed by atoms with Gasteiger partial charge < -0.3 is 9.88 Å². The Morgan fingerprint density at radius 3 is 2.65 bits per heavy atom. The van der Waals surface area contributed by atoms with E-state index < -0.39 is 9.84 Å². The second kappa shape index (κ2) is 5.96. The van der Waals surface area contributed by atoms with Crippen molar-refractivity contribution >= 4 is 26.8 Å². The first kappa shape index (κ1) is 16.0. The van der Waals surface area contributed by atoms with Crippen LogP contribution in [0, 0.1) is 0 Å². The molecule has 0 bridgehead atoms. The third-order valence-electron chi connectivity index (χ3n) is 4.28. The molecular weight excluding hydrogens is 314 g/mol. The summed E-state index contributed by atoms with van der Waals surface area (Å²) in [7, 11) is -2.91. The van der Waals surface area contributed by atoms with Crippen molar-refractivity contribution in [2.75, 3.05) is 11.5 Å². The third kappa shape index (κ3) is 3.39. The first-order valence-corrected chi connectivity index (χ1v) is 9.66. The number of aromatic nitrogens is 2. The lowest BCUT2D eigenvalue weighted by Gasteiger charge is -2.23. The molecule has 7 heteroatoms. The van der Waals surface area contributed by atoms with Crippen LogP contribution in [0.1, 0.15) is 43.1 Å². The van der Waals surface area contributed by atoms with Crippen LogP contribution in [0.15, 0.2) is 24.5 Å². The quantitative estimate of drug-likeness (QED) is 0.929. The van der Waals surface area contributed by atoms with Crippen molar-refractivity contribution < 1.29 is 13.2 Å². The Hall–Kier alpha value is -1.89. The van der Waals surface area contributed by atoms with Crippen molar-refractivity contribution in [3.8, 4) is 0 Å². The molecule has 0 radical (unpaired) electrons. The van der Waals surface area contributed by atoms with E-state index in [1.165, 1.54) is 0 Å². The molecule has 2 aromatic rings. The van der Waals surface area contributed by atoms with Crippen molar-refractivity contribution in [1.29, 1.82) is 0 Å². The van der Waals surface area contributed by atoms with Crippen molar-refractivity contribution in [2.45, 2.75) is 38.8 Å². The van der Waals surface area contributed by atoms with Crippen LogP contribution in [0.4, 0.5) is 0 Å². The van der Waals surface area contributed by atoms with Gasteiger partial charge in [-0.25, -0.2) is 13.4 Å². The van der Waals surface area contributed by atoms with Gasteiger partial charge in [0.15, 0.2) is 0 Å². The van der Waals surface area contributed by atoms with Crippen molar-refractivity contribution in [2.24, 2.45) is 0 Å². The number of hydrogen-bond acceptors (Lipinski definition) is 4. The van der Waals surface area contributed by atoms with E-state index in [4.69, 9.17) is 0 Å². The number of fused-ring (bicyclic) bond motifs is 1. The summed E-state index contributed by atoms with van der Waals surface area (Å²) in [4.78, 5) is 16.7. The molecule has 1 fully saturated rings. The van der Waals surface area contributed by atoms with Crippen LogP contribution in [-0.2, 0) is 9.84 Å². The number of imidazole rings is 1. The topological polar surface area (TPSA) is 81.1 Å². The molecule has 23 heavy (non-hydrogen) atoms. The lowest BCUT2D eigenvalue weighted by Crippen LogP contribution is -2.40. The van der Waals surface area contributed by atoms with Gasteiger partial charge in [0.25, 0.3) is 5.91 Å². The number of nitrogens with one attached hydrogen (secondary N) is 1. The molecular formula is C16H21N3O3S. The molecule has 6 nitrogen and oxygen atoms in total. The van der Waals surface area contributed by atoms with Gasteiger partial charge in [-0.05, 0) is 44.9 Å². The summed E-state index contributed by atoms with van der Waals surface area (Å²) < 4.78 is 24.9. The summed E-state index contributed by atoms with van der Waals surface area (Å²) in [5, 5.41) is 2.93. The van der Waals surface area contributed by atoms with Crippen LogP contribution >= 0.6 is 0 Å². The highest BCUT2D eigenvalue weighted by molar-refractivity contribution is 7.91. The van der Waals surface area contributed by atoms with Crippen LogP contribution in [0.3, 0.4) is 0 Å². The van der Waals surface area contributed by atoms with Crippen LogP contribution in [-0.4, -0.2) is 41.4 Å². The minimum Gasteiger partial charge on any atom is -0.349 e. The van der Waals surface area contributed by atoms with E-state index in [9.17, 15) is 13.2 Å². The standard InChI is InChI=1S/C16H21N3O3S/c1-11(2)19-10-17-14-9-12(3-4-15(14)19)16(20)18-13-5-7-23(21,22)8-6-13/h3-4,9-11,13H,5-8H2,1-2H3,(H,18,20). The maximum Gasteiger partial charge on any atom is 0.251 e. The summed E-state index contributed by atoms with van der Waals surface area (Å²) in [6.07, 6.45) is 2.75. The van der Waals surface area contributed by atoms with Gasteiger partial charge in [0.05, 0.1) is 28.9 Å². The van der Waals surface area contributed by atoms with Crippen molar-refractivity contribution in [3.63, 3.8) is 0 Å². The molecule has 0 atom stereocenters. The molecule has 124 valence electrons. The Morgan fingerprint density at radius 2 is 2.00 bits per heavy atom. The largest absolute Gasteiger partial charge is 0.349 e. The zero-order valence-corrected chi connectivity index (χ0v) is 14.1. The van der Waals surface area contributed by atoms with Crippen LogP contribution in [0.5, 0.6) is 0 Å². The van der Waals surface area contributed by atoms with Crippen molar-refractivity contribution in [3.05, 3.63) is 30.1 Å². The maximum absolute atomic E-state index is 12.4. The monoisotopic (exact) mass is 335 g/mol. The van der Waals surface area contributed by atoms with Crippen LogP contribution < -0.4 is 5.32 Å². The Morgan fingerprint density at radius 1 is 1.30 bits per heavy atom. The van der Waals surface area contributed by atoms with Crippen molar-refractivity contribution in [1.82, 2.24) is 14.9 Å². The first-order valence-electron chi connectivity index (χ1n) is 7.83. The fourth-order valence-corrected chi connectivity index (χ4v) is 4.38. The SMILES string of the molecule is CC(C)n1cnc2cc(C(=O)NC3CCS(=O)(=O)CC3)ccc21. The molecule has 0 spiro atoms. The third-order valence-corrected chi connectivity index (χ3v) is 6.00. The van der Waals surface area contributed by atoms with E-state index in [1.807, 2.05) is 6.07 Å². The van der Waals surface area contributed by atoms with Gasteiger partial charge in [-0.3, -0.25) is 4.79 Å². The predicted molar refractivity (Wildman–Crippen MR) is 89.3 cm³/mol. The Balaban J connectivity index is 1.74. The molecule has 1 aliphatic heterocycles. The van der Waals surface area contributed by atoms with Gasteiger partial charge in [-0.1, -0.05) is 0 Å². The number of amides is 1. The molecule has 0 saturated carbocycles. The minimum atomic E-state index is -2.91. The fourth-order valence-electron chi connectivity index (χ4n) is 2.89. The van der Waals surface area contributed by atoms with Crippen LogP contribution in [0.2, 0.25) is 0 Å². The number of hydrogen-bond donors (Lipinski definition) is 1. The fraction of sp³-hybridized carbons (Fsp3) is 0.500. The minimum absolute atomic E-state index is 0.0741. The first-order chi connectivity index (χ1) is 10.9. The highest BCUT2D eigenvalue weighted by Crippen LogP contribution is 2.19. The Bertz CT molecular complexity index is 825. The average Bonchev–Trinajstić information content (AvgIpc) is 2.92. The Kier molecular flexibility index (Phi) is 4.14. The van der Waals surface area contributed by atoms with Gasteiger partial charge in [0, 0.05) is 17.6 Å². The zero-order chi connectivity index (χ0) is 16.6. The van der Waals surface area contributed by atoms with E-state index in [0.717, 1.165) is 11.0 Å². The van der Waals surface area contributed by atoms with E-state index in [1.54, 1.807) is 18.5 Å². The number of sulfone groups is 1. The lowest BCUT2D eigenvalue weighted by molar-refractivity contribution is 0.0934. The van der Waals surface area contributed by atoms with Gasteiger partial charge in [0.2, 0.25) is 0 Å². The molecule has 1 aromatic carbocycles. The molecule has 1 amide bonds.